The second-order valence-corrected chi connectivity index (χ2v) is 5.82. The minimum absolute atomic E-state index is 0.127. The van der Waals surface area contributed by atoms with Gasteiger partial charge in [-0.05, 0) is 19.4 Å². The van der Waals surface area contributed by atoms with Gasteiger partial charge in [-0.15, -0.1) is 0 Å². The molecule has 2 aliphatic heterocycles. The van der Waals surface area contributed by atoms with E-state index in [1.165, 1.54) is 31.5 Å². The van der Waals surface area contributed by atoms with Crippen molar-refractivity contribution in [2.45, 2.75) is 38.4 Å². The molecule has 1 unspecified atom stereocenters. The Morgan fingerprint density at radius 1 is 1.40 bits per heavy atom. The molecule has 6 heteroatoms. The smallest absolute Gasteiger partial charge is 0.305 e. The zero-order chi connectivity index (χ0) is 13.9. The first-order valence-electron chi connectivity index (χ1n) is 7.40. The fourth-order valence-corrected chi connectivity index (χ4v) is 3.28. The number of hydrogen-bond acceptors (Lipinski definition) is 4. The highest BCUT2D eigenvalue weighted by Crippen LogP contribution is 2.22. The van der Waals surface area contributed by atoms with E-state index in [2.05, 4.69) is 14.9 Å². The standard InChI is InChI=1S/C14H22N4O2/c19-14(20)3-5-18-10-12(8-15-18)9-16-6-7-17-4-1-2-13(17)11-16/h8,10,13H,1-7,9,11H2,(H,19,20). The van der Waals surface area contributed by atoms with E-state index in [0.29, 0.717) is 6.54 Å². The van der Waals surface area contributed by atoms with E-state index in [9.17, 15) is 4.79 Å². The molecule has 0 aromatic carbocycles. The molecule has 6 nitrogen and oxygen atoms in total. The van der Waals surface area contributed by atoms with Crippen molar-refractivity contribution >= 4 is 5.97 Å². The average Bonchev–Trinajstić information content (AvgIpc) is 3.04. The van der Waals surface area contributed by atoms with Gasteiger partial charge >= 0.3 is 5.97 Å². The first-order valence-corrected chi connectivity index (χ1v) is 7.40. The van der Waals surface area contributed by atoms with Gasteiger partial charge in [0.05, 0.1) is 19.2 Å². The van der Waals surface area contributed by atoms with Crippen LogP contribution in [0.4, 0.5) is 0 Å². The fraction of sp³-hybridized carbons (Fsp3) is 0.714. The van der Waals surface area contributed by atoms with Gasteiger partial charge in [-0.2, -0.15) is 5.10 Å². The van der Waals surface area contributed by atoms with Gasteiger partial charge < -0.3 is 5.11 Å². The van der Waals surface area contributed by atoms with Crippen molar-refractivity contribution < 1.29 is 9.90 Å². The lowest BCUT2D eigenvalue weighted by Gasteiger charge is -2.37. The molecule has 3 heterocycles. The Hall–Kier alpha value is -1.40. The summed E-state index contributed by atoms with van der Waals surface area (Å²) in [5, 5.41) is 12.9. The predicted molar refractivity (Wildman–Crippen MR) is 74.4 cm³/mol. The number of aliphatic carboxylic acids is 1. The summed E-state index contributed by atoms with van der Waals surface area (Å²) in [6, 6.07) is 0.741. The van der Waals surface area contributed by atoms with Crippen molar-refractivity contribution in [1.82, 2.24) is 19.6 Å². The van der Waals surface area contributed by atoms with E-state index in [0.717, 1.165) is 25.7 Å². The highest BCUT2D eigenvalue weighted by atomic mass is 16.4. The summed E-state index contributed by atoms with van der Waals surface area (Å²) >= 11 is 0. The summed E-state index contributed by atoms with van der Waals surface area (Å²) in [7, 11) is 0. The van der Waals surface area contributed by atoms with Crippen LogP contribution in [-0.4, -0.2) is 62.9 Å². The number of rotatable bonds is 5. The lowest BCUT2D eigenvalue weighted by molar-refractivity contribution is -0.137. The predicted octanol–water partition coefficient (Wildman–Crippen LogP) is 0.638. The van der Waals surface area contributed by atoms with Crippen molar-refractivity contribution in [3.8, 4) is 0 Å². The molecule has 2 fully saturated rings. The number of nitrogens with zero attached hydrogens (tertiary/aromatic N) is 4. The van der Waals surface area contributed by atoms with Crippen LogP contribution in [0, 0.1) is 0 Å². The van der Waals surface area contributed by atoms with Crippen molar-refractivity contribution in [1.29, 1.82) is 0 Å². The highest BCUT2D eigenvalue weighted by molar-refractivity contribution is 5.66. The lowest BCUT2D eigenvalue weighted by atomic mass is 10.1. The van der Waals surface area contributed by atoms with E-state index < -0.39 is 5.97 Å². The van der Waals surface area contributed by atoms with E-state index >= 15 is 0 Å². The fourth-order valence-electron chi connectivity index (χ4n) is 3.28. The molecule has 0 radical (unpaired) electrons. The Bertz CT molecular complexity index is 473. The van der Waals surface area contributed by atoms with Crippen LogP contribution in [0.25, 0.3) is 0 Å². The number of carboxylic acids is 1. The Balaban J connectivity index is 1.51. The molecular formula is C14H22N4O2. The maximum Gasteiger partial charge on any atom is 0.305 e. The quantitative estimate of drug-likeness (QED) is 0.856. The van der Waals surface area contributed by atoms with Crippen molar-refractivity contribution in [3.63, 3.8) is 0 Å². The molecule has 1 atom stereocenters. The number of aromatic nitrogens is 2. The molecule has 20 heavy (non-hydrogen) atoms. The third-order valence-electron chi connectivity index (χ3n) is 4.32. The third-order valence-corrected chi connectivity index (χ3v) is 4.32. The summed E-state index contributed by atoms with van der Waals surface area (Å²) in [4.78, 5) is 15.6. The van der Waals surface area contributed by atoms with Crippen LogP contribution in [0.15, 0.2) is 12.4 Å². The summed E-state index contributed by atoms with van der Waals surface area (Å²) < 4.78 is 1.73. The Morgan fingerprint density at radius 2 is 2.30 bits per heavy atom. The van der Waals surface area contributed by atoms with E-state index in [-0.39, 0.29) is 6.42 Å². The molecule has 2 aliphatic rings. The summed E-state index contributed by atoms with van der Waals surface area (Å²) in [6.45, 7) is 6.10. The van der Waals surface area contributed by atoms with Crippen molar-refractivity contribution in [2.75, 3.05) is 26.2 Å². The van der Waals surface area contributed by atoms with Gasteiger partial charge in [0.1, 0.15) is 0 Å². The number of aryl methyl sites for hydroxylation is 1. The molecule has 2 saturated heterocycles. The molecule has 0 amide bonds. The second-order valence-electron chi connectivity index (χ2n) is 5.82. The Morgan fingerprint density at radius 3 is 3.15 bits per heavy atom. The van der Waals surface area contributed by atoms with E-state index in [1.807, 2.05) is 12.4 Å². The van der Waals surface area contributed by atoms with Gasteiger partial charge in [-0.3, -0.25) is 19.3 Å². The zero-order valence-corrected chi connectivity index (χ0v) is 11.7. The molecule has 0 spiro atoms. The van der Waals surface area contributed by atoms with Gasteiger partial charge in [0.2, 0.25) is 0 Å². The molecule has 1 N–H and O–H groups in total. The number of carbonyl (C=O) groups is 1. The molecule has 3 rings (SSSR count). The SMILES string of the molecule is O=C(O)CCn1cc(CN2CCN3CCCC3C2)cn1. The number of carboxylic acid groups (broad SMARTS) is 1. The van der Waals surface area contributed by atoms with Crippen LogP contribution in [0.2, 0.25) is 0 Å². The number of hydrogen-bond donors (Lipinski definition) is 1. The van der Waals surface area contributed by atoms with Gasteiger partial charge in [0.25, 0.3) is 0 Å². The van der Waals surface area contributed by atoms with E-state index in [1.54, 1.807) is 4.68 Å². The maximum absolute atomic E-state index is 10.5. The van der Waals surface area contributed by atoms with Crippen molar-refractivity contribution in [3.05, 3.63) is 18.0 Å². The largest absolute Gasteiger partial charge is 0.481 e. The van der Waals surface area contributed by atoms with Crippen LogP contribution < -0.4 is 0 Å². The van der Waals surface area contributed by atoms with Gasteiger partial charge in [0, 0.05) is 44.0 Å². The third kappa shape index (κ3) is 3.19. The molecular weight excluding hydrogens is 256 g/mol. The van der Waals surface area contributed by atoms with Crippen LogP contribution in [0.5, 0.6) is 0 Å². The van der Waals surface area contributed by atoms with Crippen molar-refractivity contribution in [2.24, 2.45) is 0 Å². The van der Waals surface area contributed by atoms with Gasteiger partial charge in [-0.25, -0.2) is 0 Å². The maximum atomic E-state index is 10.5. The molecule has 0 aliphatic carbocycles. The number of piperazine rings is 1. The highest BCUT2D eigenvalue weighted by Gasteiger charge is 2.30. The zero-order valence-electron chi connectivity index (χ0n) is 11.7. The van der Waals surface area contributed by atoms with Crippen LogP contribution in [-0.2, 0) is 17.9 Å². The lowest BCUT2D eigenvalue weighted by Crippen LogP contribution is -2.49. The minimum Gasteiger partial charge on any atom is -0.481 e. The first-order chi connectivity index (χ1) is 9.70. The van der Waals surface area contributed by atoms with Crippen LogP contribution in [0.1, 0.15) is 24.8 Å². The summed E-state index contributed by atoms with van der Waals surface area (Å²) in [6.07, 6.45) is 6.63. The molecule has 0 bridgehead atoms. The normalized spacial score (nSPS) is 23.9. The molecule has 1 aromatic rings. The molecule has 1 aromatic heterocycles. The minimum atomic E-state index is -0.778. The topological polar surface area (TPSA) is 61.6 Å². The van der Waals surface area contributed by atoms with E-state index in [4.69, 9.17) is 5.11 Å². The van der Waals surface area contributed by atoms with Gasteiger partial charge in [0.15, 0.2) is 0 Å². The second kappa shape index (κ2) is 5.93. The monoisotopic (exact) mass is 278 g/mol. The van der Waals surface area contributed by atoms with Crippen LogP contribution >= 0.6 is 0 Å². The first kappa shape index (κ1) is 13.6. The van der Waals surface area contributed by atoms with Crippen LogP contribution in [0.3, 0.4) is 0 Å². The Kier molecular flexibility index (Phi) is 4.03. The summed E-state index contributed by atoms with van der Waals surface area (Å²) in [5.74, 6) is -0.778. The molecule has 0 saturated carbocycles. The number of fused-ring (bicyclic) bond motifs is 1. The van der Waals surface area contributed by atoms with Gasteiger partial charge in [-0.1, -0.05) is 0 Å². The Labute approximate surface area is 119 Å². The average molecular weight is 278 g/mol. The summed E-state index contributed by atoms with van der Waals surface area (Å²) in [5.41, 5.74) is 1.18. The molecule has 110 valence electrons.